The summed E-state index contributed by atoms with van der Waals surface area (Å²) in [7, 11) is 0. The minimum atomic E-state index is -1.78. The number of aliphatic hydroxyl groups excluding tert-OH is 8. The smallest absolute Gasteiger partial charge is 0.220 e. The highest BCUT2D eigenvalue weighted by Crippen LogP contribution is 2.29. The lowest BCUT2D eigenvalue weighted by atomic mass is 9.97. The molecule has 9 N–H and O–H groups in total. The molecule has 274 valence electrons. The molecule has 0 spiro atoms. The van der Waals surface area contributed by atoms with Gasteiger partial charge in [0.15, 0.2) is 12.6 Å². The summed E-state index contributed by atoms with van der Waals surface area (Å²) in [4.78, 5) is 12.8. The third kappa shape index (κ3) is 13.7. The third-order valence-electron chi connectivity index (χ3n) is 8.34. The molecule has 47 heavy (non-hydrogen) atoms. The second kappa shape index (κ2) is 23.0. The first-order valence-electron chi connectivity index (χ1n) is 17.1. The molecule has 12 unspecified atom stereocenters. The van der Waals surface area contributed by atoms with Crippen LogP contribution in [0.3, 0.4) is 0 Å². The number of unbranched alkanes of at least 4 members (excludes halogenated alkanes) is 7. The Balaban J connectivity index is 1.94. The number of hydrogen-bond acceptors (Lipinski definition) is 13. The quantitative estimate of drug-likeness (QED) is 0.0540. The highest BCUT2D eigenvalue weighted by molar-refractivity contribution is 5.76. The van der Waals surface area contributed by atoms with E-state index in [1.165, 1.54) is 0 Å². The second-order valence-corrected chi connectivity index (χ2v) is 12.3. The zero-order chi connectivity index (χ0) is 34.8. The van der Waals surface area contributed by atoms with Crippen molar-refractivity contribution in [2.45, 2.75) is 158 Å². The maximum atomic E-state index is 12.8. The van der Waals surface area contributed by atoms with Crippen molar-refractivity contribution in [1.82, 2.24) is 5.32 Å². The van der Waals surface area contributed by atoms with E-state index in [2.05, 4.69) is 24.4 Å². The summed E-state index contributed by atoms with van der Waals surface area (Å²) in [5.41, 5.74) is 0. The van der Waals surface area contributed by atoms with Gasteiger partial charge in [-0.1, -0.05) is 70.3 Å². The largest absolute Gasteiger partial charge is 0.394 e. The van der Waals surface area contributed by atoms with Crippen LogP contribution < -0.4 is 5.32 Å². The van der Waals surface area contributed by atoms with Gasteiger partial charge in [0.1, 0.15) is 48.8 Å². The van der Waals surface area contributed by atoms with E-state index in [9.17, 15) is 45.6 Å². The van der Waals surface area contributed by atoms with Gasteiger partial charge >= 0.3 is 0 Å². The molecule has 0 aromatic rings. The van der Waals surface area contributed by atoms with Gasteiger partial charge in [-0.05, 0) is 32.1 Å². The summed E-state index contributed by atoms with van der Waals surface area (Å²) in [6, 6.07) is -0.908. The number of ether oxygens (including phenoxy) is 4. The van der Waals surface area contributed by atoms with Crippen molar-refractivity contribution in [3.63, 3.8) is 0 Å². The zero-order valence-corrected chi connectivity index (χ0v) is 27.8. The Kier molecular flexibility index (Phi) is 20.4. The molecule has 2 fully saturated rings. The molecule has 14 heteroatoms. The van der Waals surface area contributed by atoms with E-state index in [0.29, 0.717) is 6.42 Å². The molecule has 2 heterocycles. The van der Waals surface area contributed by atoms with Gasteiger partial charge in [-0.25, -0.2) is 0 Å². The molecule has 12 atom stereocenters. The van der Waals surface area contributed by atoms with Gasteiger partial charge in [-0.15, -0.1) is 0 Å². The minimum Gasteiger partial charge on any atom is -0.394 e. The molecule has 0 aliphatic carbocycles. The Bertz CT molecular complexity index is 904. The van der Waals surface area contributed by atoms with Crippen molar-refractivity contribution in [3.05, 3.63) is 24.3 Å². The fraction of sp³-hybridized carbons (Fsp3) is 0.848. The maximum absolute atomic E-state index is 12.8. The molecular weight excluding hydrogens is 618 g/mol. The molecule has 2 aliphatic heterocycles. The predicted molar refractivity (Wildman–Crippen MR) is 171 cm³/mol. The van der Waals surface area contributed by atoms with Gasteiger partial charge in [-0.2, -0.15) is 0 Å². The van der Waals surface area contributed by atoms with Crippen LogP contribution in [-0.2, 0) is 23.7 Å². The Morgan fingerprint density at radius 2 is 1.34 bits per heavy atom. The van der Waals surface area contributed by atoms with E-state index in [1.807, 2.05) is 6.92 Å². The molecule has 0 radical (unpaired) electrons. The van der Waals surface area contributed by atoms with Crippen molar-refractivity contribution in [2.75, 3.05) is 19.8 Å². The van der Waals surface area contributed by atoms with E-state index < -0.39 is 86.8 Å². The molecule has 14 nitrogen and oxygen atoms in total. The molecule has 2 saturated heterocycles. The Labute approximate surface area is 278 Å². The Morgan fingerprint density at radius 1 is 0.745 bits per heavy atom. The fourth-order valence-electron chi connectivity index (χ4n) is 5.41. The van der Waals surface area contributed by atoms with Gasteiger partial charge in [0.2, 0.25) is 5.91 Å². The number of carbonyl (C=O) groups excluding carboxylic acids is 1. The van der Waals surface area contributed by atoms with Crippen LogP contribution in [0.25, 0.3) is 0 Å². The minimum absolute atomic E-state index is 0.267. The topological polar surface area (TPSA) is 228 Å². The Hall–Kier alpha value is -1.53. The van der Waals surface area contributed by atoms with Crippen molar-refractivity contribution < 1.29 is 64.6 Å². The summed E-state index contributed by atoms with van der Waals surface area (Å²) in [5, 5.41) is 85.1. The van der Waals surface area contributed by atoms with Crippen LogP contribution in [0, 0.1) is 0 Å². The van der Waals surface area contributed by atoms with Crippen LogP contribution in [0.5, 0.6) is 0 Å². The van der Waals surface area contributed by atoms with E-state index in [0.717, 1.165) is 57.8 Å². The van der Waals surface area contributed by atoms with Gasteiger partial charge in [0.25, 0.3) is 0 Å². The fourth-order valence-corrected chi connectivity index (χ4v) is 5.41. The van der Waals surface area contributed by atoms with Crippen molar-refractivity contribution in [2.24, 2.45) is 0 Å². The van der Waals surface area contributed by atoms with Crippen LogP contribution in [0.4, 0.5) is 0 Å². The standard InChI is InChI=1S/C33H59NO13/c1-3-5-7-8-9-10-11-12-13-15-17-25(38)34-21(22(37)16-14-6-4-2)20-44-32-30(43)28(41)31(24(19-36)46-32)47-33-29(42)27(40)26(39)23(18-35)45-33/h7-8,14,16,21-24,26-33,35-37,39-43H,3-6,9-13,15,17-20H2,1-2H3,(H,34,38)/b8-7-,16-14+. The summed E-state index contributed by atoms with van der Waals surface area (Å²) < 4.78 is 22.3. The van der Waals surface area contributed by atoms with Gasteiger partial charge < -0.3 is 65.1 Å². The van der Waals surface area contributed by atoms with Crippen LogP contribution in [-0.4, -0.2) is 140 Å². The van der Waals surface area contributed by atoms with Crippen molar-refractivity contribution in [1.29, 1.82) is 0 Å². The monoisotopic (exact) mass is 677 g/mol. The molecule has 0 aromatic heterocycles. The molecule has 1 amide bonds. The summed E-state index contributed by atoms with van der Waals surface area (Å²) in [5.74, 6) is -0.268. The van der Waals surface area contributed by atoms with Crippen molar-refractivity contribution in [3.8, 4) is 0 Å². The number of allylic oxidation sites excluding steroid dienone is 3. The SMILES string of the molecule is CCC/C=C\CCCCCCCC(=O)NC(COC1OC(CO)C(OC2OC(CO)C(O)C(O)C2O)C(O)C1O)C(O)/C=C/CCC. The summed E-state index contributed by atoms with van der Waals surface area (Å²) >= 11 is 0. The van der Waals surface area contributed by atoms with E-state index in [-0.39, 0.29) is 18.9 Å². The molecule has 0 aromatic carbocycles. The average Bonchev–Trinajstić information content (AvgIpc) is 3.06. The van der Waals surface area contributed by atoms with Crippen LogP contribution in [0.2, 0.25) is 0 Å². The normalized spacial score (nSPS) is 33.0. The molecule has 0 saturated carbocycles. The number of rotatable bonds is 22. The molecule has 0 bridgehead atoms. The Morgan fingerprint density at radius 3 is 2.02 bits per heavy atom. The van der Waals surface area contributed by atoms with Crippen LogP contribution in [0.15, 0.2) is 24.3 Å². The van der Waals surface area contributed by atoms with E-state index in [1.54, 1.807) is 12.2 Å². The van der Waals surface area contributed by atoms with Gasteiger partial charge in [0.05, 0.1) is 32.0 Å². The first-order chi connectivity index (χ1) is 22.6. The number of nitrogens with one attached hydrogen (secondary N) is 1. The molecule has 2 aliphatic rings. The summed E-state index contributed by atoms with van der Waals surface area (Å²) in [6.45, 7) is 2.41. The maximum Gasteiger partial charge on any atom is 0.220 e. The van der Waals surface area contributed by atoms with Crippen molar-refractivity contribution >= 4 is 5.91 Å². The number of carbonyl (C=O) groups is 1. The first kappa shape index (κ1) is 41.6. The van der Waals surface area contributed by atoms with Crippen LogP contribution in [0.1, 0.15) is 84.5 Å². The lowest BCUT2D eigenvalue weighted by Crippen LogP contribution is -2.65. The van der Waals surface area contributed by atoms with Gasteiger partial charge in [0, 0.05) is 6.42 Å². The van der Waals surface area contributed by atoms with E-state index in [4.69, 9.17) is 18.9 Å². The van der Waals surface area contributed by atoms with E-state index >= 15 is 0 Å². The first-order valence-corrected chi connectivity index (χ1v) is 17.1. The average molecular weight is 678 g/mol. The number of amides is 1. The third-order valence-corrected chi connectivity index (χ3v) is 8.34. The second-order valence-electron chi connectivity index (χ2n) is 12.3. The number of aliphatic hydroxyl groups is 8. The molecule has 2 rings (SSSR count). The lowest BCUT2D eigenvalue weighted by molar-refractivity contribution is -0.359. The number of hydrogen-bond donors (Lipinski definition) is 9. The molecular formula is C33H59NO13. The zero-order valence-electron chi connectivity index (χ0n) is 27.8. The highest BCUT2D eigenvalue weighted by atomic mass is 16.7. The summed E-state index contributed by atoms with van der Waals surface area (Å²) in [6.07, 6.45) is 0.806. The lowest BCUT2D eigenvalue weighted by Gasteiger charge is -2.46. The predicted octanol–water partition coefficient (Wildman–Crippen LogP) is -0.0839. The van der Waals surface area contributed by atoms with Crippen LogP contribution >= 0.6 is 0 Å². The van der Waals surface area contributed by atoms with Gasteiger partial charge in [-0.3, -0.25) is 4.79 Å². The highest BCUT2D eigenvalue weighted by Gasteiger charge is 2.50.